The van der Waals surface area contributed by atoms with E-state index < -0.39 is 22.7 Å². The van der Waals surface area contributed by atoms with Crippen LogP contribution in [0.2, 0.25) is 5.02 Å². The van der Waals surface area contributed by atoms with Crippen LogP contribution in [0.5, 0.6) is 0 Å². The van der Waals surface area contributed by atoms with Crippen LogP contribution in [0.25, 0.3) is 0 Å². The van der Waals surface area contributed by atoms with E-state index in [4.69, 9.17) is 11.6 Å². The van der Waals surface area contributed by atoms with Crippen LogP contribution in [-0.4, -0.2) is 29.0 Å². The van der Waals surface area contributed by atoms with Crippen LogP contribution in [0.3, 0.4) is 0 Å². The number of alkyl halides is 3. The molecule has 1 aliphatic heterocycles. The van der Waals surface area contributed by atoms with Crippen molar-refractivity contribution in [3.63, 3.8) is 0 Å². The summed E-state index contributed by atoms with van der Waals surface area (Å²) in [4.78, 5) is 22.5. The normalized spacial score (nSPS) is 15.0. The van der Waals surface area contributed by atoms with E-state index >= 15 is 0 Å². The highest BCUT2D eigenvalue weighted by molar-refractivity contribution is 6.31. The van der Waals surface area contributed by atoms with Gasteiger partial charge in [0.1, 0.15) is 17.8 Å². The first-order valence-electron chi connectivity index (χ1n) is 8.10. The van der Waals surface area contributed by atoms with Gasteiger partial charge in [0.2, 0.25) is 0 Å². The van der Waals surface area contributed by atoms with Crippen LogP contribution in [0, 0.1) is 0 Å². The summed E-state index contributed by atoms with van der Waals surface area (Å²) in [6, 6.07) is 4.75. The average molecular weight is 385 g/mol. The molecule has 1 fully saturated rings. The highest BCUT2D eigenvalue weighted by atomic mass is 35.5. The molecule has 1 aliphatic rings. The Morgan fingerprint density at radius 2 is 1.85 bits per heavy atom. The second-order valence-corrected chi connectivity index (χ2v) is 6.36. The fraction of sp³-hybridized carbons (Fsp3) is 0.353. The molecular weight excluding hydrogens is 369 g/mol. The third-order valence-corrected chi connectivity index (χ3v) is 4.42. The maximum Gasteiger partial charge on any atom is 0.417 e. The summed E-state index contributed by atoms with van der Waals surface area (Å²) in [5.74, 6) is 0.0260. The van der Waals surface area contributed by atoms with Crippen molar-refractivity contribution >= 4 is 29.0 Å². The zero-order chi connectivity index (χ0) is 18.7. The summed E-state index contributed by atoms with van der Waals surface area (Å²) in [6.07, 6.45) is -0.0594. The first kappa shape index (κ1) is 18.4. The minimum Gasteiger partial charge on any atom is -0.357 e. The Bertz CT molecular complexity index is 807. The molecule has 0 spiro atoms. The maximum atomic E-state index is 12.9. The van der Waals surface area contributed by atoms with Crippen LogP contribution >= 0.6 is 11.6 Å². The number of amides is 1. The number of carbonyl (C=O) groups is 1. The zero-order valence-corrected chi connectivity index (χ0v) is 14.4. The fourth-order valence-electron chi connectivity index (χ4n) is 2.78. The van der Waals surface area contributed by atoms with Gasteiger partial charge in [0, 0.05) is 24.8 Å². The molecule has 0 bridgehead atoms. The Labute approximate surface area is 153 Å². The van der Waals surface area contributed by atoms with Gasteiger partial charge >= 0.3 is 6.18 Å². The molecule has 1 N–H and O–H groups in total. The van der Waals surface area contributed by atoms with Crippen molar-refractivity contribution in [2.45, 2.75) is 25.4 Å². The predicted molar refractivity (Wildman–Crippen MR) is 92.5 cm³/mol. The average Bonchev–Trinajstić information content (AvgIpc) is 2.63. The molecule has 2 aromatic rings. The van der Waals surface area contributed by atoms with Crippen LogP contribution in [0.4, 0.5) is 24.7 Å². The summed E-state index contributed by atoms with van der Waals surface area (Å²) < 4.78 is 38.8. The number of nitrogens with one attached hydrogen (secondary N) is 1. The number of benzene rings is 1. The maximum absolute atomic E-state index is 12.9. The fourth-order valence-corrected chi connectivity index (χ4v) is 3.01. The molecule has 138 valence electrons. The number of anilines is 2. The van der Waals surface area contributed by atoms with Gasteiger partial charge in [-0.1, -0.05) is 11.6 Å². The zero-order valence-electron chi connectivity index (χ0n) is 13.7. The van der Waals surface area contributed by atoms with Gasteiger partial charge in [-0.3, -0.25) is 4.79 Å². The molecule has 0 atom stereocenters. The molecule has 0 aliphatic carbocycles. The molecule has 0 unspecified atom stereocenters. The Balaban J connectivity index is 1.78. The lowest BCUT2D eigenvalue weighted by Crippen LogP contribution is -2.30. The van der Waals surface area contributed by atoms with Crippen LogP contribution in [-0.2, 0) is 6.18 Å². The first-order valence-corrected chi connectivity index (χ1v) is 8.47. The molecule has 1 amide bonds. The molecule has 5 nitrogen and oxygen atoms in total. The van der Waals surface area contributed by atoms with Crippen molar-refractivity contribution in [1.29, 1.82) is 0 Å². The number of hydrogen-bond acceptors (Lipinski definition) is 4. The van der Waals surface area contributed by atoms with Crippen molar-refractivity contribution in [3.05, 3.63) is 46.9 Å². The number of nitrogens with zero attached hydrogens (tertiary/aromatic N) is 3. The monoisotopic (exact) mass is 384 g/mol. The number of hydrogen-bond donors (Lipinski definition) is 1. The molecule has 1 aromatic heterocycles. The predicted octanol–water partition coefficient (Wildman–Crippen LogP) is 4.39. The molecule has 1 aromatic carbocycles. The lowest BCUT2D eigenvalue weighted by Gasteiger charge is -2.27. The second kappa shape index (κ2) is 7.49. The van der Waals surface area contributed by atoms with Crippen molar-refractivity contribution in [2.75, 3.05) is 23.3 Å². The molecular formula is C17H16ClF3N4O. The van der Waals surface area contributed by atoms with Crippen molar-refractivity contribution < 1.29 is 18.0 Å². The molecule has 3 rings (SSSR count). The minimum absolute atomic E-state index is 0.00939. The third kappa shape index (κ3) is 4.24. The van der Waals surface area contributed by atoms with E-state index in [1.165, 1.54) is 12.4 Å². The summed E-state index contributed by atoms with van der Waals surface area (Å²) in [5.41, 5.74) is -0.928. The molecule has 1 saturated heterocycles. The largest absolute Gasteiger partial charge is 0.417 e. The summed E-state index contributed by atoms with van der Waals surface area (Å²) in [5, 5.41) is 2.00. The van der Waals surface area contributed by atoms with Gasteiger partial charge in [-0.05, 0) is 37.5 Å². The van der Waals surface area contributed by atoms with Crippen molar-refractivity contribution in [1.82, 2.24) is 9.97 Å². The van der Waals surface area contributed by atoms with E-state index in [-0.39, 0.29) is 11.4 Å². The van der Waals surface area contributed by atoms with E-state index in [9.17, 15) is 18.0 Å². The Morgan fingerprint density at radius 3 is 2.54 bits per heavy atom. The summed E-state index contributed by atoms with van der Waals surface area (Å²) in [7, 11) is 0. The van der Waals surface area contributed by atoms with Crippen LogP contribution in [0.1, 0.15) is 35.3 Å². The molecule has 26 heavy (non-hydrogen) atoms. The minimum atomic E-state index is -4.60. The summed E-state index contributed by atoms with van der Waals surface area (Å²) >= 11 is 5.58. The Hall–Kier alpha value is -2.35. The number of aromatic nitrogens is 2. The Morgan fingerprint density at radius 1 is 1.12 bits per heavy atom. The topological polar surface area (TPSA) is 58.1 Å². The van der Waals surface area contributed by atoms with Crippen LogP contribution in [0.15, 0.2) is 30.6 Å². The lowest BCUT2D eigenvalue weighted by molar-refractivity contribution is -0.137. The molecule has 9 heteroatoms. The second-order valence-electron chi connectivity index (χ2n) is 5.96. The third-order valence-electron chi connectivity index (χ3n) is 4.09. The SMILES string of the molecule is O=C(Nc1ccc(Cl)c(C(F)(F)F)c1)c1cc(N2CCCCC2)ncn1. The Kier molecular flexibility index (Phi) is 5.31. The van der Waals surface area contributed by atoms with Gasteiger partial charge in [0.15, 0.2) is 0 Å². The summed E-state index contributed by atoms with van der Waals surface area (Å²) in [6.45, 7) is 1.70. The smallest absolute Gasteiger partial charge is 0.357 e. The van der Waals surface area contributed by atoms with E-state index in [2.05, 4.69) is 20.2 Å². The van der Waals surface area contributed by atoms with Gasteiger partial charge in [-0.2, -0.15) is 13.2 Å². The van der Waals surface area contributed by atoms with Gasteiger partial charge in [0.05, 0.1) is 10.6 Å². The van der Waals surface area contributed by atoms with Gasteiger partial charge in [-0.15, -0.1) is 0 Å². The van der Waals surface area contributed by atoms with E-state index in [1.54, 1.807) is 6.07 Å². The van der Waals surface area contributed by atoms with Gasteiger partial charge in [-0.25, -0.2) is 9.97 Å². The van der Waals surface area contributed by atoms with E-state index in [0.29, 0.717) is 5.82 Å². The molecule has 0 radical (unpaired) electrons. The number of rotatable bonds is 3. The standard InChI is InChI=1S/C17H16ClF3N4O/c18-13-5-4-11(8-12(13)17(19,20)21)24-16(26)14-9-15(23-10-22-14)25-6-2-1-3-7-25/h4-5,8-10H,1-3,6-7H2,(H,24,26). The highest BCUT2D eigenvalue weighted by Gasteiger charge is 2.33. The molecule has 0 saturated carbocycles. The quantitative estimate of drug-likeness (QED) is 0.852. The number of carbonyl (C=O) groups excluding carboxylic acids is 1. The van der Waals surface area contributed by atoms with Gasteiger partial charge in [0.25, 0.3) is 5.91 Å². The van der Waals surface area contributed by atoms with Crippen LogP contribution < -0.4 is 10.2 Å². The highest BCUT2D eigenvalue weighted by Crippen LogP contribution is 2.36. The number of piperidine rings is 1. The molecule has 2 heterocycles. The first-order chi connectivity index (χ1) is 12.3. The lowest BCUT2D eigenvalue weighted by atomic mass is 10.1. The van der Waals surface area contributed by atoms with Crippen molar-refractivity contribution in [3.8, 4) is 0 Å². The number of halogens is 4. The van der Waals surface area contributed by atoms with E-state index in [0.717, 1.165) is 44.5 Å². The van der Waals surface area contributed by atoms with Gasteiger partial charge < -0.3 is 10.2 Å². The van der Waals surface area contributed by atoms with Crippen molar-refractivity contribution in [2.24, 2.45) is 0 Å². The van der Waals surface area contributed by atoms with E-state index in [1.807, 2.05) is 0 Å².